The zero-order valence-corrected chi connectivity index (χ0v) is 13.0. The van der Waals surface area contributed by atoms with Gasteiger partial charge in [-0.1, -0.05) is 43.0 Å². The number of thioether (sulfide) groups is 1. The van der Waals surface area contributed by atoms with Gasteiger partial charge in [0.15, 0.2) is 5.58 Å². The molecule has 0 bridgehead atoms. The Bertz CT molecular complexity index is 765. The molecule has 0 atom stereocenters. The number of carbonyl (C=O) groups is 1. The Morgan fingerprint density at radius 1 is 1.23 bits per heavy atom. The van der Waals surface area contributed by atoms with Crippen LogP contribution in [-0.4, -0.2) is 16.6 Å². The molecule has 0 aliphatic rings. The normalized spacial score (nSPS) is 10.8. The summed E-state index contributed by atoms with van der Waals surface area (Å²) in [5.74, 6) is 0.198. The third kappa shape index (κ3) is 3.49. The number of amides is 1. The van der Waals surface area contributed by atoms with E-state index >= 15 is 0 Å². The van der Waals surface area contributed by atoms with Gasteiger partial charge in [0.1, 0.15) is 5.52 Å². The molecule has 0 spiro atoms. The fourth-order valence-electron chi connectivity index (χ4n) is 2.11. The molecule has 0 fully saturated rings. The molecular weight excluding hydrogens is 296 g/mol. The minimum atomic E-state index is -0.0690. The smallest absolute Gasteiger partial charge is 0.257 e. The predicted molar refractivity (Wildman–Crippen MR) is 89.2 cm³/mol. The number of nitrogens with one attached hydrogen (secondary N) is 1. The van der Waals surface area contributed by atoms with Gasteiger partial charge in [-0.3, -0.25) is 4.79 Å². The van der Waals surface area contributed by atoms with Crippen molar-refractivity contribution >= 4 is 34.5 Å². The molecule has 0 aliphatic carbocycles. The summed E-state index contributed by atoms with van der Waals surface area (Å²) in [7, 11) is 0. The molecule has 3 rings (SSSR count). The van der Waals surface area contributed by atoms with Crippen LogP contribution >= 0.6 is 11.8 Å². The molecule has 0 unspecified atom stereocenters. The Labute approximate surface area is 132 Å². The summed E-state index contributed by atoms with van der Waals surface area (Å²) in [6.45, 7) is 2.09. The third-order valence-electron chi connectivity index (χ3n) is 3.22. The fraction of sp³-hybridized carbons (Fsp3) is 0.176. The van der Waals surface area contributed by atoms with Crippen LogP contribution in [0.2, 0.25) is 0 Å². The van der Waals surface area contributed by atoms with Gasteiger partial charge in [-0.05, 0) is 36.2 Å². The van der Waals surface area contributed by atoms with Crippen molar-refractivity contribution in [1.29, 1.82) is 0 Å². The molecular formula is C17H16N2O2S. The zero-order chi connectivity index (χ0) is 15.4. The van der Waals surface area contributed by atoms with Gasteiger partial charge in [0.2, 0.25) is 5.91 Å². The van der Waals surface area contributed by atoms with Crippen LogP contribution in [0, 0.1) is 0 Å². The zero-order valence-electron chi connectivity index (χ0n) is 12.2. The van der Waals surface area contributed by atoms with Gasteiger partial charge < -0.3 is 9.73 Å². The molecule has 1 amide bonds. The van der Waals surface area contributed by atoms with E-state index in [0.717, 1.165) is 23.2 Å². The minimum absolute atomic E-state index is 0.0690. The second-order valence-electron chi connectivity index (χ2n) is 4.84. The number of nitrogens with zero attached hydrogens (tertiary/aromatic N) is 1. The summed E-state index contributed by atoms with van der Waals surface area (Å²) >= 11 is 1.29. The first-order valence-corrected chi connectivity index (χ1v) is 8.10. The summed E-state index contributed by atoms with van der Waals surface area (Å²) in [6.07, 6.45) is 0.946. The summed E-state index contributed by atoms with van der Waals surface area (Å²) < 4.78 is 5.58. The lowest BCUT2D eigenvalue weighted by Crippen LogP contribution is -2.14. The summed E-state index contributed by atoms with van der Waals surface area (Å²) in [6, 6.07) is 15.4. The highest BCUT2D eigenvalue weighted by molar-refractivity contribution is 7.99. The maximum atomic E-state index is 12.0. The lowest BCUT2D eigenvalue weighted by molar-refractivity contribution is -0.113. The van der Waals surface area contributed by atoms with Crippen molar-refractivity contribution in [2.45, 2.75) is 18.6 Å². The maximum Gasteiger partial charge on any atom is 0.257 e. The highest BCUT2D eigenvalue weighted by Gasteiger charge is 2.09. The average molecular weight is 312 g/mol. The van der Waals surface area contributed by atoms with Gasteiger partial charge in [0.05, 0.1) is 5.75 Å². The molecule has 1 heterocycles. The van der Waals surface area contributed by atoms with Gasteiger partial charge in [0, 0.05) is 5.69 Å². The highest BCUT2D eigenvalue weighted by atomic mass is 32.2. The van der Waals surface area contributed by atoms with Crippen molar-refractivity contribution in [3.05, 3.63) is 54.1 Å². The first-order valence-electron chi connectivity index (χ1n) is 7.12. The summed E-state index contributed by atoms with van der Waals surface area (Å²) in [4.78, 5) is 16.3. The number of fused-ring (bicyclic) bond motifs is 1. The average Bonchev–Trinajstić information content (AvgIpc) is 2.96. The molecule has 2 aromatic carbocycles. The number of carbonyl (C=O) groups excluding carboxylic acids is 1. The Balaban J connectivity index is 1.59. The number of hydrogen-bond donors (Lipinski definition) is 1. The van der Waals surface area contributed by atoms with Crippen molar-refractivity contribution < 1.29 is 9.21 Å². The van der Waals surface area contributed by atoms with E-state index in [-0.39, 0.29) is 11.7 Å². The standard InChI is InChI=1S/C17H16N2O2S/c1-2-12-6-5-7-13(10-12)18-16(20)11-22-17-19-14-8-3-4-9-15(14)21-17/h3-10H,2,11H2,1H3,(H,18,20). The number of aryl methyl sites for hydroxylation is 1. The second-order valence-corrected chi connectivity index (χ2v) is 5.76. The Kier molecular flexibility index (Phi) is 4.44. The number of anilines is 1. The molecule has 0 radical (unpaired) electrons. The first kappa shape index (κ1) is 14.7. The lowest BCUT2D eigenvalue weighted by Gasteiger charge is -2.05. The summed E-state index contributed by atoms with van der Waals surface area (Å²) in [5, 5.41) is 3.40. The lowest BCUT2D eigenvalue weighted by atomic mass is 10.1. The van der Waals surface area contributed by atoms with Gasteiger partial charge in [-0.15, -0.1) is 0 Å². The number of rotatable bonds is 5. The number of aromatic nitrogens is 1. The van der Waals surface area contributed by atoms with E-state index in [1.54, 1.807) is 0 Å². The fourth-order valence-corrected chi connectivity index (χ4v) is 2.74. The summed E-state index contributed by atoms with van der Waals surface area (Å²) in [5.41, 5.74) is 3.56. The Hall–Kier alpha value is -2.27. The third-order valence-corrected chi connectivity index (χ3v) is 4.05. The van der Waals surface area contributed by atoms with Crippen LogP contribution in [0.15, 0.2) is 58.2 Å². The number of hydrogen-bond acceptors (Lipinski definition) is 4. The number of oxazole rings is 1. The van der Waals surface area contributed by atoms with Crippen molar-refractivity contribution in [2.75, 3.05) is 11.1 Å². The van der Waals surface area contributed by atoms with Crippen LogP contribution in [0.25, 0.3) is 11.1 Å². The van der Waals surface area contributed by atoms with Crippen LogP contribution in [0.5, 0.6) is 0 Å². The van der Waals surface area contributed by atoms with Crippen molar-refractivity contribution in [3.8, 4) is 0 Å². The van der Waals surface area contributed by atoms with Crippen molar-refractivity contribution in [2.24, 2.45) is 0 Å². The van der Waals surface area contributed by atoms with Gasteiger partial charge in [-0.25, -0.2) is 4.98 Å². The molecule has 3 aromatic rings. The highest BCUT2D eigenvalue weighted by Crippen LogP contribution is 2.23. The largest absolute Gasteiger partial charge is 0.431 e. The Morgan fingerprint density at radius 3 is 2.91 bits per heavy atom. The van der Waals surface area contributed by atoms with E-state index in [9.17, 15) is 4.79 Å². The maximum absolute atomic E-state index is 12.0. The quantitative estimate of drug-likeness (QED) is 0.720. The molecule has 0 saturated carbocycles. The second kappa shape index (κ2) is 6.66. The van der Waals surface area contributed by atoms with Crippen LogP contribution in [0.1, 0.15) is 12.5 Å². The van der Waals surface area contributed by atoms with E-state index in [0.29, 0.717) is 5.22 Å². The topological polar surface area (TPSA) is 55.1 Å². The monoisotopic (exact) mass is 312 g/mol. The number of para-hydroxylation sites is 2. The SMILES string of the molecule is CCc1cccc(NC(=O)CSc2nc3ccccc3o2)c1. The minimum Gasteiger partial charge on any atom is -0.431 e. The van der Waals surface area contributed by atoms with Crippen LogP contribution < -0.4 is 5.32 Å². The van der Waals surface area contributed by atoms with E-state index in [4.69, 9.17) is 4.42 Å². The van der Waals surface area contributed by atoms with Crippen molar-refractivity contribution in [3.63, 3.8) is 0 Å². The van der Waals surface area contributed by atoms with Crippen molar-refractivity contribution in [1.82, 2.24) is 4.98 Å². The van der Waals surface area contributed by atoms with E-state index in [1.165, 1.54) is 17.3 Å². The van der Waals surface area contributed by atoms with Gasteiger partial charge in [0.25, 0.3) is 5.22 Å². The molecule has 5 heteroatoms. The van der Waals surface area contributed by atoms with Gasteiger partial charge in [-0.2, -0.15) is 0 Å². The molecule has 1 aromatic heterocycles. The molecule has 22 heavy (non-hydrogen) atoms. The van der Waals surface area contributed by atoms with E-state index in [2.05, 4.69) is 17.2 Å². The van der Waals surface area contributed by atoms with E-state index < -0.39 is 0 Å². The molecule has 0 aliphatic heterocycles. The number of benzene rings is 2. The molecule has 0 saturated heterocycles. The van der Waals surface area contributed by atoms with Crippen LogP contribution in [0.3, 0.4) is 0 Å². The van der Waals surface area contributed by atoms with Gasteiger partial charge >= 0.3 is 0 Å². The first-order chi connectivity index (χ1) is 10.7. The predicted octanol–water partition coefficient (Wildman–Crippen LogP) is 4.12. The van der Waals surface area contributed by atoms with Crippen LogP contribution in [0.4, 0.5) is 5.69 Å². The van der Waals surface area contributed by atoms with E-state index in [1.807, 2.05) is 48.5 Å². The molecule has 4 nitrogen and oxygen atoms in total. The Morgan fingerprint density at radius 2 is 2.09 bits per heavy atom. The molecule has 112 valence electrons. The van der Waals surface area contributed by atoms with Crippen LogP contribution in [-0.2, 0) is 11.2 Å². The molecule has 1 N–H and O–H groups in total.